The molecule has 0 spiro atoms. The van der Waals surface area contributed by atoms with E-state index in [1.165, 1.54) is 44.4 Å². The van der Waals surface area contributed by atoms with E-state index in [0.29, 0.717) is 0 Å². The van der Waals surface area contributed by atoms with Crippen LogP contribution in [0.25, 0.3) is 0 Å². The van der Waals surface area contributed by atoms with Crippen LogP contribution in [0.1, 0.15) is 11.3 Å². The lowest BCUT2D eigenvalue weighted by Crippen LogP contribution is -2.40. The van der Waals surface area contributed by atoms with Crippen molar-refractivity contribution in [1.29, 1.82) is 5.26 Å². The molecule has 1 aromatic heterocycles. The molecular weight excluding hydrogens is 347 g/mol. The van der Waals surface area contributed by atoms with E-state index in [-0.39, 0.29) is 10.7 Å². The second-order valence-corrected chi connectivity index (χ2v) is 6.41. The van der Waals surface area contributed by atoms with E-state index in [2.05, 4.69) is 9.93 Å². The Morgan fingerprint density at radius 2 is 1.88 bits per heavy atom. The summed E-state index contributed by atoms with van der Waals surface area (Å²) in [6.45, 7) is 0. The fourth-order valence-corrected chi connectivity index (χ4v) is 3.14. The van der Waals surface area contributed by atoms with Gasteiger partial charge in [-0.3, -0.25) is 5.01 Å². The highest BCUT2D eigenvalue weighted by molar-refractivity contribution is 7.89. The predicted octanol–water partition coefficient (Wildman–Crippen LogP) is 1.64. The molecule has 0 fully saturated rings. The Labute approximate surface area is 135 Å². The lowest BCUT2D eigenvalue weighted by atomic mass is 10.2. The SMILES string of the molecule is CN(NS(=O)(=O)c1ccccc1)c1c(C#N)c(C(F)(F)F)nn1C. The molecule has 0 saturated heterocycles. The molecule has 11 heteroatoms. The highest BCUT2D eigenvalue weighted by atomic mass is 32.2. The molecular formula is C13H12F3N5O2S. The van der Waals surface area contributed by atoms with E-state index in [4.69, 9.17) is 5.26 Å². The van der Waals surface area contributed by atoms with Gasteiger partial charge in [0.2, 0.25) is 0 Å². The van der Waals surface area contributed by atoms with Gasteiger partial charge >= 0.3 is 6.18 Å². The van der Waals surface area contributed by atoms with E-state index in [1.54, 1.807) is 6.07 Å². The zero-order chi connectivity index (χ0) is 18.1. The van der Waals surface area contributed by atoms with Crippen LogP contribution in [0.3, 0.4) is 0 Å². The molecule has 1 heterocycles. The van der Waals surface area contributed by atoms with Gasteiger partial charge in [0.25, 0.3) is 10.0 Å². The Kier molecular flexibility index (Phi) is 4.54. The number of rotatable bonds is 4. The minimum Gasteiger partial charge on any atom is -0.280 e. The Bertz CT molecular complexity index is 885. The molecule has 0 atom stereocenters. The maximum atomic E-state index is 12.9. The van der Waals surface area contributed by atoms with Crippen LogP contribution in [0, 0.1) is 11.3 Å². The standard InChI is InChI=1S/C13H12F3N5O2S/c1-20-12(10(8-17)11(18-20)13(14,15)16)21(2)19-24(22,23)9-6-4-3-5-7-9/h3-7,19H,1-2H3. The largest absolute Gasteiger partial charge is 0.436 e. The summed E-state index contributed by atoms with van der Waals surface area (Å²) in [6.07, 6.45) is -4.83. The molecule has 1 N–H and O–H groups in total. The van der Waals surface area contributed by atoms with Crippen LogP contribution in [0.4, 0.5) is 19.0 Å². The van der Waals surface area contributed by atoms with Crippen molar-refractivity contribution in [3.05, 3.63) is 41.6 Å². The fraction of sp³-hybridized carbons (Fsp3) is 0.231. The summed E-state index contributed by atoms with van der Waals surface area (Å²) in [5.74, 6) is -0.329. The summed E-state index contributed by atoms with van der Waals surface area (Å²) in [7, 11) is -1.67. The summed E-state index contributed by atoms with van der Waals surface area (Å²) < 4.78 is 64.0. The van der Waals surface area contributed by atoms with E-state index < -0.39 is 27.5 Å². The number of halogens is 3. The van der Waals surface area contributed by atoms with Crippen molar-refractivity contribution in [3.8, 4) is 6.07 Å². The number of aryl methyl sites for hydroxylation is 1. The normalized spacial score (nSPS) is 12.0. The molecule has 7 nitrogen and oxygen atoms in total. The average Bonchev–Trinajstić information content (AvgIpc) is 2.84. The van der Waals surface area contributed by atoms with E-state index in [1.807, 2.05) is 0 Å². The lowest BCUT2D eigenvalue weighted by molar-refractivity contribution is -0.141. The summed E-state index contributed by atoms with van der Waals surface area (Å²) in [5.41, 5.74) is -2.16. The van der Waals surface area contributed by atoms with Crippen molar-refractivity contribution in [2.45, 2.75) is 11.1 Å². The number of nitriles is 1. The predicted molar refractivity (Wildman–Crippen MR) is 78.1 cm³/mol. The number of hydrazine groups is 1. The van der Waals surface area contributed by atoms with Gasteiger partial charge < -0.3 is 0 Å². The molecule has 24 heavy (non-hydrogen) atoms. The first-order valence-corrected chi connectivity index (χ1v) is 7.91. The number of sulfonamides is 1. The second kappa shape index (κ2) is 6.14. The molecule has 2 aromatic rings. The topological polar surface area (TPSA) is 91.0 Å². The first-order valence-electron chi connectivity index (χ1n) is 6.43. The smallest absolute Gasteiger partial charge is 0.280 e. The van der Waals surface area contributed by atoms with Crippen molar-refractivity contribution in [3.63, 3.8) is 0 Å². The number of anilines is 1. The number of nitrogens with one attached hydrogen (secondary N) is 1. The molecule has 0 aliphatic heterocycles. The molecule has 1 aromatic carbocycles. The number of nitrogens with zero attached hydrogens (tertiary/aromatic N) is 4. The first kappa shape index (κ1) is 17.8. The minimum absolute atomic E-state index is 0.0754. The Morgan fingerprint density at radius 1 is 1.29 bits per heavy atom. The van der Waals surface area contributed by atoms with E-state index in [0.717, 1.165) is 9.69 Å². The van der Waals surface area contributed by atoms with Crippen LogP contribution in [0.2, 0.25) is 0 Å². The first-order chi connectivity index (χ1) is 11.1. The third kappa shape index (κ3) is 3.34. The highest BCUT2D eigenvalue weighted by Gasteiger charge is 2.40. The van der Waals surface area contributed by atoms with Gasteiger partial charge in [-0.25, -0.2) is 13.1 Å². The van der Waals surface area contributed by atoms with Gasteiger partial charge in [-0.05, 0) is 12.1 Å². The van der Waals surface area contributed by atoms with Crippen molar-refractivity contribution < 1.29 is 21.6 Å². The number of aromatic nitrogens is 2. The summed E-state index contributed by atoms with van der Waals surface area (Å²) in [6, 6.07) is 8.69. The van der Waals surface area contributed by atoms with Gasteiger partial charge in [0.1, 0.15) is 11.6 Å². The molecule has 2 rings (SSSR count). The fourth-order valence-electron chi connectivity index (χ4n) is 2.08. The summed E-state index contributed by atoms with van der Waals surface area (Å²) in [5, 5.41) is 13.1. The van der Waals surface area contributed by atoms with Crippen molar-refractivity contribution in [2.24, 2.45) is 7.05 Å². The maximum Gasteiger partial charge on any atom is 0.436 e. The van der Waals surface area contributed by atoms with Crippen LogP contribution in [-0.2, 0) is 23.2 Å². The molecule has 128 valence electrons. The molecule has 0 unspecified atom stereocenters. The molecule has 0 amide bonds. The third-order valence-corrected chi connectivity index (χ3v) is 4.43. The minimum atomic E-state index is -4.83. The van der Waals surface area contributed by atoms with Crippen molar-refractivity contribution in [2.75, 3.05) is 12.1 Å². The quantitative estimate of drug-likeness (QED) is 0.838. The lowest BCUT2D eigenvalue weighted by Gasteiger charge is -2.20. The van der Waals surface area contributed by atoms with Gasteiger partial charge in [0.15, 0.2) is 11.5 Å². The van der Waals surface area contributed by atoms with Gasteiger partial charge in [0, 0.05) is 14.1 Å². The third-order valence-electron chi connectivity index (χ3n) is 3.03. The van der Waals surface area contributed by atoms with Gasteiger partial charge in [-0.15, -0.1) is 4.83 Å². The summed E-state index contributed by atoms with van der Waals surface area (Å²) >= 11 is 0. The van der Waals surface area contributed by atoms with Gasteiger partial charge in [0.05, 0.1) is 4.90 Å². The van der Waals surface area contributed by atoms with Gasteiger partial charge in [-0.1, -0.05) is 18.2 Å². The molecule has 0 saturated carbocycles. The Balaban J connectivity index is 2.43. The van der Waals surface area contributed by atoms with Crippen LogP contribution >= 0.6 is 0 Å². The average molecular weight is 359 g/mol. The Morgan fingerprint density at radius 3 is 2.38 bits per heavy atom. The zero-order valence-electron chi connectivity index (χ0n) is 12.5. The van der Waals surface area contributed by atoms with Gasteiger partial charge in [-0.2, -0.15) is 23.5 Å². The number of hydrogen-bond donors (Lipinski definition) is 1. The Hall–Kier alpha value is -2.58. The molecule has 0 aliphatic carbocycles. The molecule has 0 aliphatic rings. The van der Waals surface area contributed by atoms with E-state index >= 15 is 0 Å². The monoisotopic (exact) mass is 359 g/mol. The highest BCUT2D eigenvalue weighted by Crippen LogP contribution is 2.34. The van der Waals surface area contributed by atoms with Crippen LogP contribution < -0.4 is 9.84 Å². The number of alkyl halides is 3. The van der Waals surface area contributed by atoms with E-state index in [9.17, 15) is 21.6 Å². The van der Waals surface area contributed by atoms with Crippen molar-refractivity contribution in [1.82, 2.24) is 14.6 Å². The number of benzene rings is 1. The second-order valence-electron chi connectivity index (χ2n) is 4.75. The maximum absolute atomic E-state index is 12.9. The van der Waals surface area contributed by atoms with Crippen LogP contribution in [0.5, 0.6) is 0 Å². The molecule has 0 bridgehead atoms. The summed E-state index contributed by atoms with van der Waals surface area (Å²) in [4.78, 5) is 2.02. The van der Waals surface area contributed by atoms with Crippen LogP contribution in [-0.4, -0.2) is 25.2 Å². The zero-order valence-corrected chi connectivity index (χ0v) is 13.4. The number of hydrogen-bond acceptors (Lipinski definition) is 5. The van der Waals surface area contributed by atoms with Crippen LogP contribution in [0.15, 0.2) is 35.2 Å². The van der Waals surface area contributed by atoms with Crippen molar-refractivity contribution >= 4 is 15.8 Å². The molecule has 0 radical (unpaired) electrons.